The first-order valence-corrected chi connectivity index (χ1v) is 8.18. The third-order valence-corrected chi connectivity index (χ3v) is 4.06. The second-order valence-electron chi connectivity index (χ2n) is 5.92. The van der Waals surface area contributed by atoms with E-state index in [2.05, 4.69) is 0 Å². The van der Waals surface area contributed by atoms with Crippen molar-refractivity contribution in [2.24, 2.45) is 0 Å². The van der Waals surface area contributed by atoms with E-state index in [-0.39, 0.29) is 5.91 Å². The third-order valence-electron chi connectivity index (χ3n) is 4.06. The Morgan fingerprint density at radius 3 is 2.36 bits per heavy atom. The molecule has 0 radical (unpaired) electrons. The lowest BCUT2D eigenvalue weighted by Crippen LogP contribution is -2.31. The Morgan fingerprint density at radius 1 is 1.04 bits per heavy atom. The van der Waals surface area contributed by atoms with Gasteiger partial charge in [-0.25, -0.2) is 0 Å². The van der Waals surface area contributed by atoms with Gasteiger partial charge in [0.15, 0.2) is 0 Å². The van der Waals surface area contributed by atoms with Crippen molar-refractivity contribution in [2.45, 2.75) is 19.9 Å². The van der Waals surface area contributed by atoms with Crippen LogP contribution in [-0.4, -0.2) is 13.0 Å². The highest BCUT2D eigenvalue weighted by atomic mass is 16.5. The van der Waals surface area contributed by atoms with Crippen LogP contribution in [0.1, 0.15) is 16.9 Å². The summed E-state index contributed by atoms with van der Waals surface area (Å²) in [6.07, 6.45) is 1.94. The number of carbonyl (C=O) groups is 1. The molecule has 0 spiro atoms. The molecule has 25 heavy (non-hydrogen) atoms. The number of rotatable bonds is 6. The smallest absolute Gasteiger partial charge is 0.231 e. The molecule has 0 fully saturated rings. The zero-order chi connectivity index (χ0) is 17.6. The summed E-state index contributed by atoms with van der Waals surface area (Å²) in [5.74, 6) is 1.55. The summed E-state index contributed by atoms with van der Waals surface area (Å²) in [6.45, 7) is 2.44. The van der Waals surface area contributed by atoms with Gasteiger partial charge in [-0.05, 0) is 48.9 Å². The van der Waals surface area contributed by atoms with Crippen LogP contribution < -0.4 is 9.64 Å². The van der Waals surface area contributed by atoms with E-state index in [0.29, 0.717) is 13.0 Å². The van der Waals surface area contributed by atoms with Gasteiger partial charge in [-0.15, -0.1) is 0 Å². The molecule has 128 valence electrons. The largest absolute Gasteiger partial charge is 0.497 e. The summed E-state index contributed by atoms with van der Waals surface area (Å²) in [5, 5.41) is 0. The van der Waals surface area contributed by atoms with Crippen LogP contribution in [0.15, 0.2) is 71.3 Å². The van der Waals surface area contributed by atoms with Gasteiger partial charge in [0.2, 0.25) is 5.91 Å². The number of ether oxygens (including phenoxy) is 1. The molecule has 0 atom stereocenters. The van der Waals surface area contributed by atoms with Crippen LogP contribution in [0, 0.1) is 6.92 Å². The highest BCUT2D eigenvalue weighted by Gasteiger charge is 2.18. The Balaban J connectivity index is 1.81. The number of hydrogen-bond acceptors (Lipinski definition) is 3. The second kappa shape index (κ2) is 7.71. The van der Waals surface area contributed by atoms with Gasteiger partial charge in [0, 0.05) is 5.69 Å². The maximum Gasteiger partial charge on any atom is 0.231 e. The summed E-state index contributed by atoms with van der Waals surface area (Å²) >= 11 is 0. The maximum atomic E-state index is 12.9. The van der Waals surface area contributed by atoms with Gasteiger partial charge < -0.3 is 14.1 Å². The summed E-state index contributed by atoms with van der Waals surface area (Å²) < 4.78 is 10.6. The van der Waals surface area contributed by atoms with Gasteiger partial charge in [-0.2, -0.15) is 0 Å². The molecule has 0 N–H and O–H groups in total. The summed E-state index contributed by atoms with van der Waals surface area (Å²) in [5.41, 5.74) is 2.96. The first-order valence-electron chi connectivity index (χ1n) is 8.18. The van der Waals surface area contributed by atoms with Crippen molar-refractivity contribution in [1.29, 1.82) is 0 Å². The molecule has 4 heteroatoms. The maximum absolute atomic E-state index is 12.9. The fourth-order valence-corrected chi connectivity index (χ4v) is 2.62. The van der Waals surface area contributed by atoms with Crippen molar-refractivity contribution in [3.8, 4) is 5.75 Å². The van der Waals surface area contributed by atoms with Crippen LogP contribution in [0.2, 0.25) is 0 Å². The van der Waals surface area contributed by atoms with E-state index >= 15 is 0 Å². The number of hydrogen-bond donors (Lipinski definition) is 0. The predicted molar refractivity (Wildman–Crippen MR) is 97.8 cm³/mol. The van der Waals surface area contributed by atoms with Gasteiger partial charge in [-0.1, -0.05) is 29.8 Å². The minimum absolute atomic E-state index is 0.0189. The minimum atomic E-state index is 0.0189. The predicted octanol–water partition coefficient (Wildman–Crippen LogP) is 4.37. The SMILES string of the molecule is COc1ccc(CC(=O)N(Cc2ccco2)c2ccc(C)cc2)cc1. The molecule has 0 aliphatic carbocycles. The van der Waals surface area contributed by atoms with E-state index in [4.69, 9.17) is 9.15 Å². The van der Waals surface area contributed by atoms with Crippen LogP contribution >= 0.6 is 0 Å². The molecule has 0 saturated carbocycles. The van der Waals surface area contributed by atoms with Gasteiger partial charge in [0.25, 0.3) is 0 Å². The van der Waals surface area contributed by atoms with Crippen LogP contribution in [0.4, 0.5) is 5.69 Å². The number of aryl methyl sites for hydroxylation is 1. The molecule has 3 rings (SSSR count). The molecule has 4 nitrogen and oxygen atoms in total. The first kappa shape index (κ1) is 16.8. The fraction of sp³-hybridized carbons (Fsp3) is 0.190. The Hall–Kier alpha value is -3.01. The minimum Gasteiger partial charge on any atom is -0.497 e. The number of nitrogens with zero attached hydrogens (tertiary/aromatic N) is 1. The molecular formula is C21H21NO3. The molecule has 3 aromatic rings. The van der Waals surface area contributed by atoms with E-state index in [1.54, 1.807) is 18.3 Å². The molecule has 0 aliphatic rings. The Kier molecular flexibility index (Phi) is 5.19. The van der Waals surface area contributed by atoms with Crippen molar-refractivity contribution < 1.29 is 13.9 Å². The monoisotopic (exact) mass is 335 g/mol. The lowest BCUT2D eigenvalue weighted by molar-refractivity contribution is -0.118. The molecule has 0 saturated heterocycles. The van der Waals surface area contributed by atoms with Crippen molar-refractivity contribution in [1.82, 2.24) is 0 Å². The molecule has 0 aliphatic heterocycles. The van der Waals surface area contributed by atoms with Crippen LogP contribution in [0.5, 0.6) is 5.75 Å². The van der Waals surface area contributed by atoms with Crippen molar-refractivity contribution >= 4 is 11.6 Å². The topological polar surface area (TPSA) is 42.7 Å². The van der Waals surface area contributed by atoms with Crippen LogP contribution in [0.3, 0.4) is 0 Å². The standard InChI is InChI=1S/C21H21NO3/c1-16-5-9-18(10-6-16)22(15-20-4-3-13-25-20)21(23)14-17-7-11-19(24-2)12-8-17/h3-13H,14-15H2,1-2H3. The van der Waals surface area contributed by atoms with Crippen molar-refractivity contribution in [3.63, 3.8) is 0 Å². The van der Waals surface area contributed by atoms with E-state index in [9.17, 15) is 4.79 Å². The molecule has 0 unspecified atom stereocenters. The van der Waals surface area contributed by atoms with Crippen molar-refractivity contribution in [2.75, 3.05) is 12.0 Å². The van der Waals surface area contributed by atoms with E-state index in [1.807, 2.05) is 67.6 Å². The van der Waals surface area contributed by atoms with Gasteiger partial charge >= 0.3 is 0 Å². The van der Waals surface area contributed by atoms with Crippen molar-refractivity contribution in [3.05, 3.63) is 83.8 Å². The quantitative estimate of drug-likeness (QED) is 0.672. The Morgan fingerprint density at radius 2 is 1.76 bits per heavy atom. The number of anilines is 1. The molecule has 0 bridgehead atoms. The highest BCUT2D eigenvalue weighted by Crippen LogP contribution is 2.20. The molecule has 1 heterocycles. The lowest BCUT2D eigenvalue weighted by Gasteiger charge is -2.22. The molecule has 2 aromatic carbocycles. The summed E-state index contributed by atoms with van der Waals surface area (Å²) in [7, 11) is 1.63. The zero-order valence-electron chi connectivity index (χ0n) is 14.4. The third kappa shape index (κ3) is 4.29. The number of benzene rings is 2. The van der Waals surface area contributed by atoms with E-state index in [1.165, 1.54) is 0 Å². The first-order chi connectivity index (χ1) is 12.2. The molecular weight excluding hydrogens is 314 g/mol. The lowest BCUT2D eigenvalue weighted by atomic mass is 10.1. The van der Waals surface area contributed by atoms with E-state index < -0.39 is 0 Å². The number of furan rings is 1. The van der Waals surface area contributed by atoms with E-state index in [0.717, 1.165) is 28.3 Å². The Bertz CT molecular complexity index is 805. The van der Waals surface area contributed by atoms with Gasteiger partial charge in [0.1, 0.15) is 11.5 Å². The summed E-state index contributed by atoms with van der Waals surface area (Å²) in [6, 6.07) is 19.2. The molecule has 1 amide bonds. The Labute approximate surface area is 147 Å². The zero-order valence-corrected chi connectivity index (χ0v) is 14.4. The summed E-state index contributed by atoms with van der Waals surface area (Å²) in [4.78, 5) is 14.7. The van der Waals surface area contributed by atoms with Crippen LogP contribution in [-0.2, 0) is 17.8 Å². The normalized spacial score (nSPS) is 10.5. The number of methoxy groups -OCH3 is 1. The number of carbonyl (C=O) groups excluding carboxylic acids is 1. The number of amides is 1. The van der Waals surface area contributed by atoms with Gasteiger partial charge in [-0.3, -0.25) is 4.79 Å². The second-order valence-corrected chi connectivity index (χ2v) is 5.92. The average Bonchev–Trinajstić information content (AvgIpc) is 3.14. The highest BCUT2D eigenvalue weighted by molar-refractivity contribution is 5.94. The van der Waals surface area contributed by atoms with Gasteiger partial charge in [0.05, 0.1) is 26.3 Å². The molecule has 1 aromatic heterocycles. The average molecular weight is 335 g/mol. The fourth-order valence-electron chi connectivity index (χ4n) is 2.62. The van der Waals surface area contributed by atoms with Crippen LogP contribution in [0.25, 0.3) is 0 Å².